The molecule has 3 nitrogen and oxygen atoms in total. The number of nitrogens with zero attached hydrogens (tertiary/aromatic N) is 2. The van der Waals surface area contributed by atoms with Gasteiger partial charge in [0.25, 0.3) is 0 Å². The maximum Gasteiger partial charge on any atom is 0.116 e. The predicted octanol–water partition coefficient (Wildman–Crippen LogP) is 1.99. The third-order valence-electron chi connectivity index (χ3n) is 3.15. The smallest absolute Gasteiger partial charge is 0.116 e. The molecule has 1 aliphatic rings. The molecule has 88 valence electrons. The van der Waals surface area contributed by atoms with Gasteiger partial charge in [0, 0.05) is 19.0 Å². The predicted molar refractivity (Wildman–Crippen MR) is 61.3 cm³/mol. The fraction of sp³-hybridized carbons (Fsp3) is 0.909. The van der Waals surface area contributed by atoms with Crippen molar-refractivity contribution < 1.29 is 4.39 Å². The Kier molecular flexibility index (Phi) is 5.02. The van der Waals surface area contributed by atoms with Gasteiger partial charge in [-0.05, 0) is 25.7 Å². The van der Waals surface area contributed by atoms with Crippen molar-refractivity contribution in [2.75, 3.05) is 19.8 Å². The molecular weight excluding hydrogens is 193 g/mol. The molecule has 1 saturated heterocycles. The monoisotopic (exact) mass is 215 g/mol. The first kappa shape index (κ1) is 12.4. The third kappa shape index (κ3) is 2.91. The summed E-state index contributed by atoms with van der Waals surface area (Å²) in [4.78, 5) is 4.41. The minimum atomic E-state index is -0.266. The van der Waals surface area contributed by atoms with E-state index in [2.05, 4.69) is 4.99 Å². The number of amidine groups is 1. The van der Waals surface area contributed by atoms with Gasteiger partial charge >= 0.3 is 0 Å². The number of halogens is 1. The van der Waals surface area contributed by atoms with Crippen LogP contribution in [0.15, 0.2) is 4.99 Å². The van der Waals surface area contributed by atoms with Crippen molar-refractivity contribution in [2.45, 2.75) is 33.1 Å². The molecule has 0 bridgehead atoms. The Hall–Kier alpha value is -0.640. The molecule has 1 unspecified atom stereocenters. The molecule has 1 fully saturated rings. The number of nitrogens with two attached hydrogens (primary N) is 1. The Morgan fingerprint density at radius 1 is 1.60 bits per heavy atom. The van der Waals surface area contributed by atoms with Gasteiger partial charge in [0.15, 0.2) is 0 Å². The summed E-state index contributed by atoms with van der Waals surface area (Å²) in [6.07, 6.45) is 2.92. The van der Waals surface area contributed by atoms with Crippen LogP contribution in [-0.2, 0) is 0 Å². The van der Waals surface area contributed by atoms with Gasteiger partial charge in [-0.25, -0.2) is 5.84 Å². The van der Waals surface area contributed by atoms with Gasteiger partial charge in [0.1, 0.15) is 5.84 Å². The number of aliphatic imine (C=N–C) groups is 1. The van der Waals surface area contributed by atoms with Crippen LogP contribution in [0.4, 0.5) is 4.39 Å². The van der Waals surface area contributed by atoms with E-state index in [0.717, 1.165) is 38.2 Å². The first-order valence-electron chi connectivity index (χ1n) is 5.87. The highest BCUT2D eigenvalue weighted by Crippen LogP contribution is 2.27. The van der Waals surface area contributed by atoms with Crippen LogP contribution in [0.25, 0.3) is 0 Å². The summed E-state index contributed by atoms with van der Waals surface area (Å²) in [6.45, 7) is 5.32. The molecule has 0 saturated carbocycles. The largest absolute Gasteiger partial charge is 0.298 e. The average molecular weight is 215 g/mol. The summed E-state index contributed by atoms with van der Waals surface area (Å²) in [5.74, 6) is 7.10. The van der Waals surface area contributed by atoms with E-state index in [-0.39, 0.29) is 18.5 Å². The second-order valence-corrected chi connectivity index (χ2v) is 4.10. The topological polar surface area (TPSA) is 41.6 Å². The third-order valence-corrected chi connectivity index (χ3v) is 3.15. The second kappa shape index (κ2) is 6.05. The van der Waals surface area contributed by atoms with Crippen LogP contribution in [0.1, 0.15) is 33.1 Å². The molecule has 4 heteroatoms. The molecule has 2 N–H and O–H groups in total. The van der Waals surface area contributed by atoms with Crippen molar-refractivity contribution in [1.82, 2.24) is 5.01 Å². The normalized spacial score (nSPS) is 27.1. The number of rotatable bonds is 4. The Morgan fingerprint density at radius 2 is 2.33 bits per heavy atom. The summed E-state index contributed by atoms with van der Waals surface area (Å²) < 4.78 is 12.9. The van der Waals surface area contributed by atoms with E-state index >= 15 is 0 Å². The fourth-order valence-electron chi connectivity index (χ4n) is 2.26. The quantitative estimate of drug-likeness (QED) is 0.729. The van der Waals surface area contributed by atoms with Crippen molar-refractivity contribution in [2.24, 2.45) is 22.7 Å². The molecule has 0 radical (unpaired) electrons. The van der Waals surface area contributed by atoms with Crippen molar-refractivity contribution in [3.8, 4) is 0 Å². The first-order chi connectivity index (χ1) is 7.24. The maximum atomic E-state index is 12.9. The molecular formula is C11H22FN3. The van der Waals surface area contributed by atoms with E-state index in [9.17, 15) is 4.39 Å². The van der Waals surface area contributed by atoms with Crippen molar-refractivity contribution in [1.29, 1.82) is 0 Å². The van der Waals surface area contributed by atoms with Crippen molar-refractivity contribution in [3.63, 3.8) is 0 Å². The van der Waals surface area contributed by atoms with Crippen LogP contribution >= 0.6 is 0 Å². The minimum absolute atomic E-state index is 0.0849. The lowest BCUT2D eigenvalue weighted by atomic mass is 9.84. The lowest BCUT2D eigenvalue weighted by molar-refractivity contribution is 0.236. The molecule has 15 heavy (non-hydrogen) atoms. The summed E-state index contributed by atoms with van der Waals surface area (Å²) in [7, 11) is 0. The van der Waals surface area contributed by atoms with E-state index in [1.54, 1.807) is 5.01 Å². The zero-order valence-corrected chi connectivity index (χ0v) is 9.75. The molecule has 2 atom stereocenters. The summed E-state index contributed by atoms with van der Waals surface area (Å²) in [5, 5.41) is 1.70. The molecule has 0 spiro atoms. The SMILES string of the molecule is CCN=C1[C@H](C(CC)CF)CCCN1N. The van der Waals surface area contributed by atoms with Crippen molar-refractivity contribution >= 4 is 5.84 Å². The number of hydrogen-bond donors (Lipinski definition) is 1. The first-order valence-corrected chi connectivity index (χ1v) is 5.87. The van der Waals surface area contributed by atoms with Gasteiger partial charge in [-0.1, -0.05) is 13.3 Å². The lowest BCUT2D eigenvalue weighted by Crippen LogP contribution is -2.48. The highest BCUT2D eigenvalue weighted by Gasteiger charge is 2.30. The van der Waals surface area contributed by atoms with Gasteiger partial charge in [0.2, 0.25) is 0 Å². The molecule has 0 aromatic carbocycles. The van der Waals surface area contributed by atoms with Gasteiger partial charge in [-0.3, -0.25) is 14.4 Å². The van der Waals surface area contributed by atoms with Crippen LogP contribution in [0.3, 0.4) is 0 Å². The van der Waals surface area contributed by atoms with Crippen LogP contribution in [0.5, 0.6) is 0 Å². The average Bonchev–Trinajstić information content (AvgIpc) is 2.24. The zero-order valence-electron chi connectivity index (χ0n) is 9.75. The van der Waals surface area contributed by atoms with Crippen LogP contribution in [-0.4, -0.2) is 30.6 Å². The van der Waals surface area contributed by atoms with Crippen molar-refractivity contribution in [3.05, 3.63) is 0 Å². The maximum absolute atomic E-state index is 12.9. The number of piperidine rings is 1. The number of hydrogen-bond acceptors (Lipinski definition) is 2. The Morgan fingerprint density at radius 3 is 2.87 bits per heavy atom. The highest BCUT2D eigenvalue weighted by molar-refractivity contribution is 5.85. The van der Waals surface area contributed by atoms with Crippen LogP contribution < -0.4 is 5.84 Å². The molecule has 0 aromatic heterocycles. The Labute approximate surface area is 91.5 Å². The molecule has 0 aliphatic carbocycles. The standard InChI is InChI=1S/C11H22FN3/c1-3-9(8-12)10-6-5-7-15(13)11(10)14-4-2/h9-10H,3-8,13H2,1-2H3/t9?,10-/m0/s1. The van der Waals surface area contributed by atoms with Gasteiger partial charge in [0.05, 0.1) is 6.67 Å². The summed E-state index contributed by atoms with van der Waals surface area (Å²) in [6, 6.07) is 0. The van der Waals surface area contributed by atoms with E-state index < -0.39 is 0 Å². The van der Waals surface area contributed by atoms with E-state index in [0.29, 0.717) is 0 Å². The lowest BCUT2D eigenvalue weighted by Gasteiger charge is -2.35. The molecule has 0 amide bonds. The van der Waals surface area contributed by atoms with Gasteiger partial charge in [-0.2, -0.15) is 0 Å². The molecule has 1 heterocycles. The van der Waals surface area contributed by atoms with E-state index in [1.807, 2.05) is 13.8 Å². The Bertz CT molecular complexity index is 214. The second-order valence-electron chi connectivity index (χ2n) is 4.10. The molecule has 1 aliphatic heterocycles. The van der Waals surface area contributed by atoms with E-state index in [1.165, 1.54) is 0 Å². The number of hydrazine groups is 1. The minimum Gasteiger partial charge on any atom is -0.298 e. The van der Waals surface area contributed by atoms with Gasteiger partial charge < -0.3 is 0 Å². The zero-order chi connectivity index (χ0) is 11.3. The Balaban J connectivity index is 2.78. The highest BCUT2D eigenvalue weighted by atomic mass is 19.1. The fourth-order valence-corrected chi connectivity index (χ4v) is 2.26. The number of alkyl halides is 1. The van der Waals surface area contributed by atoms with Crippen LogP contribution in [0, 0.1) is 11.8 Å². The molecule has 0 aromatic rings. The molecule has 1 rings (SSSR count). The van der Waals surface area contributed by atoms with E-state index in [4.69, 9.17) is 5.84 Å². The van der Waals surface area contributed by atoms with Gasteiger partial charge in [-0.15, -0.1) is 0 Å². The summed E-state index contributed by atoms with van der Waals surface area (Å²) >= 11 is 0. The van der Waals surface area contributed by atoms with Crippen LogP contribution in [0.2, 0.25) is 0 Å². The summed E-state index contributed by atoms with van der Waals surface area (Å²) in [5.41, 5.74) is 0.